The van der Waals surface area contributed by atoms with Crippen molar-refractivity contribution < 1.29 is 14.3 Å². The van der Waals surface area contributed by atoms with E-state index >= 15 is 0 Å². The fraction of sp³-hybridized carbons (Fsp3) is 0.533. The quantitative estimate of drug-likeness (QED) is 0.777. The highest BCUT2D eigenvalue weighted by molar-refractivity contribution is 7.99. The maximum Gasteiger partial charge on any atom is 0.313 e. The van der Waals surface area contributed by atoms with E-state index in [-0.39, 0.29) is 11.9 Å². The number of thioether (sulfide) groups is 1. The first kappa shape index (κ1) is 14.4. The number of carbonyl (C=O) groups is 1. The van der Waals surface area contributed by atoms with Crippen molar-refractivity contribution in [3.05, 3.63) is 35.9 Å². The van der Waals surface area contributed by atoms with Crippen LogP contribution in [-0.2, 0) is 14.3 Å². The zero-order chi connectivity index (χ0) is 13.5. The molecule has 1 aliphatic rings. The highest BCUT2D eigenvalue weighted by Gasteiger charge is 2.24. The summed E-state index contributed by atoms with van der Waals surface area (Å²) < 4.78 is 10.3. The number of methoxy groups -OCH3 is 1. The van der Waals surface area contributed by atoms with Gasteiger partial charge in [0.05, 0.1) is 13.0 Å². The SMILES string of the molecule is COC(=O)C(CSC1CCOCC1)c1ccccc1. The summed E-state index contributed by atoms with van der Waals surface area (Å²) in [6.45, 7) is 1.68. The van der Waals surface area contributed by atoms with E-state index in [4.69, 9.17) is 9.47 Å². The molecule has 1 atom stereocenters. The topological polar surface area (TPSA) is 35.5 Å². The fourth-order valence-corrected chi connectivity index (χ4v) is 3.52. The summed E-state index contributed by atoms with van der Waals surface area (Å²) in [4.78, 5) is 11.9. The second-order valence-corrected chi connectivity index (χ2v) is 5.96. The van der Waals surface area contributed by atoms with E-state index in [1.54, 1.807) is 0 Å². The Kier molecular flexibility index (Phi) is 5.73. The van der Waals surface area contributed by atoms with Gasteiger partial charge in [-0.2, -0.15) is 11.8 Å². The lowest BCUT2D eigenvalue weighted by Crippen LogP contribution is -2.22. The predicted molar refractivity (Wildman–Crippen MR) is 77.5 cm³/mol. The molecule has 4 heteroatoms. The lowest BCUT2D eigenvalue weighted by atomic mass is 10.0. The molecule has 2 rings (SSSR count). The van der Waals surface area contributed by atoms with Gasteiger partial charge in [-0.15, -0.1) is 0 Å². The third kappa shape index (κ3) is 4.25. The normalized spacial score (nSPS) is 17.9. The minimum absolute atomic E-state index is 0.147. The van der Waals surface area contributed by atoms with Crippen LogP contribution in [0.1, 0.15) is 24.3 Å². The highest BCUT2D eigenvalue weighted by atomic mass is 32.2. The Hall–Kier alpha value is -1.00. The molecule has 0 aliphatic carbocycles. The molecule has 104 valence electrons. The van der Waals surface area contributed by atoms with Crippen LogP contribution in [0.2, 0.25) is 0 Å². The number of ether oxygens (including phenoxy) is 2. The number of hydrogen-bond acceptors (Lipinski definition) is 4. The first-order valence-electron chi connectivity index (χ1n) is 6.63. The van der Waals surface area contributed by atoms with Gasteiger partial charge < -0.3 is 9.47 Å². The average Bonchev–Trinajstić information content (AvgIpc) is 2.49. The van der Waals surface area contributed by atoms with Crippen molar-refractivity contribution in [1.82, 2.24) is 0 Å². The Morgan fingerprint density at radius 3 is 2.68 bits per heavy atom. The summed E-state index contributed by atoms with van der Waals surface area (Å²) >= 11 is 1.86. The molecular weight excluding hydrogens is 260 g/mol. The third-order valence-electron chi connectivity index (χ3n) is 3.35. The molecule has 1 aromatic carbocycles. The van der Waals surface area contributed by atoms with Gasteiger partial charge in [0.15, 0.2) is 0 Å². The molecule has 0 bridgehead atoms. The fourth-order valence-electron chi connectivity index (χ4n) is 2.20. The summed E-state index contributed by atoms with van der Waals surface area (Å²) in [6, 6.07) is 9.87. The summed E-state index contributed by atoms with van der Waals surface area (Å²) in [5.41, 5.74) is 1.04. The van der Waals surface area contributed by atoms with Crippen LogP contribution in [0.25, 0.3) is 0 Å². The first-order chi connectivity index (χ1) is 9.31. The van der Waals surface area contributed by atoms with Gasteiger partial charge in [-0.3, -0.25) is 4.79 Å². The Balaban J connectivity index is 1.96. The first-order valence-corrected chi connectivity index (χ1v) is 7.68. The summed E-state index contributed by atoms with van der Waals surface area (Å²) in [5.74, 6) is 0.464. The molecule has 1 aliphatic heterocycles. The molecule has 3 nitrogen and oxygen atoms in total. The van der Waals surface area contributed by atoms with E-state index in [0.717, 1.165) is 37.4 Å². The van der Waals surface area contributed by atoms with E-state index in [0.29, 0.717) is 5.25 Å². The van der Waals surface area contributed by atoms with Crippen LogP contribution in [0.3, 0.4) is 0 Å². The standard InChI is InChI=1S/C15H20O3S/c1-17-15(16)14(12-5-3-2-4-6-12)11-19-13-7-9-18-10-8-13/h2-6,13-14H,7-11H2,1H3. The van der Waals surface area contributed by atoms with E-state index < -0.39 is 0 Å². The molecule has 1 fully saturated rings. The maximum atomic E-state index is 11.9. The van der Waals surface area contributed by atoms with E-state index in [1.165, 1.54) is 7.11 Å². The van der Waals surface area contributed by atoms with Gasteiger partial charge in [-0.1, -0.05) is 30.3 Å². The lowest BCUT2D eigenvalue weighted by molar-refractivity contribution is -0.141. The number of carbonyl (C=O) groups excluding carboxylic acids is 1. The van der Waals surface area contributed by atoms with Gasteiger partial charge in [0, 0.05) is 24.2 Å². The minimum atomic E-state index is -0.168. The smallest absolute Gasteiger partial charge is 0.313 e. The zero-order valence-corrected chi connectivity index (χ0v) is 12.0. The van der Waals surface area contributed by atoms with Gasteiger partial charge in [0.2, 0.25) is 0 Å². The van der Waals surface area contributed by atoms with Crippen molar-refractivity contribution in [3.63, 3.8) is 0 Å². The van der Waals surface area contributed by atoms with Crippen molar-refractivity contribution >= 4 is 17.7 Å². The minimum Gasteiger partial charge on any atom is -0.469 e. The Labute approximate surface area is 118 Å². The summed E-state index contributed by atoms with van der Waals surface area (Å²) in [7, 11) is 1.46. The average molecular weight is 280 g/mol. The molecule has 19 heavy (non-hydrogen) atoms. The van der Waals surface area contributed by atoms with Crippen LogP contribution in [0.15, 0.2) is 30.3 Å². The molecule has 1 heterocycles. The third-order valence-corrected chi connectivity index (χ3v) is 4.82. The van der Waals surface area contributed by atoms with Gasteiger partial charge in [0.1, 0.15) is 0 Å². The molecule has 1 saturated heterocycles. The Bertz CT molecular complexity index is 388. The van der Waals surface area contributed by atoms with Gasteiger partial charge >= 0.3 is 5.97 Å². The van der Waals surface area contributed by atoms with Crippen molar-refractivity contribution in [2.24, 2.45) is 0 Å². The van der Waals surface area contributed by atoms with Crippen LogP contribution in [-0.4, -0.2) is 37.3 Å². The molecule has 1 unspecified atom stereocenters. The second-order valence-electron chi connectivity index (χ2n) is 4.63. The van der Waals surface area contributed by atoms with E-state index in [1.807, 2.05) is 42.1 Å². The van der Waals surface area contributed by atoms with Crippen LogP contribution >= 0.6 is 11.8 Å². The summed E-state index contributed by atoms with van der Waals surface area (Å²) in [5, 5.41) is 0.601. The van der Waals surface area contributed by atoms with Gasteiger partial charge in [0.25, 0.3) is 0 Å². The van der Waals surface area contributed by atoms with Crippen molar-refractivity contribution in [1.29, 1.82) is 0 Å². The van der Waals surface area contributed by atoms with E-state index in [9.17, 15) is 4.79 Å². The second kappa shape index (κ2) is 7.56. The van der Waals surface area contributed by atoms with Crippen LogP contribution in [0.4, 0.5) is 0 Å². The van der Waals surface area contributed by atoms with Crippen LogP contribution < -0.4 is 0 Å². The highest BCUT2D eigenvalue weighted by Crippen LogP contribution is 2.28. The van der Waals surface area contributed by atoms with Crippen molar-refractivity contribution in [3.8, 4) is 0 Å². The number of hydrogen-bond donors (Lipinski definition) is 0. The molecule has 0 spiro atoms. The number of esters is 1. The molecule has 0 aromatic heterocycles. The van der Waals surface area contributed by atoms with Gasteiger partial charge in [-0.25, -0.2) is 0 Å². The molecular formula is C15H20O3S. The monoisotopic (exact) mass is 280 g/mol. The number of rotatable bonds is 5. The van der Waals surface area contributed by atoms with Crippen LogP contribution in [0, 0.1) is 0 Å². The van der Waals surface area contributed by atoms with Gasteiger partial charge in [-0.05, 0) is 18.4 Å². The molecule has 0 radical (unpaired) electrons. The molecule has 1 aromatic rings. The van der Waals surface area contributed by atoms with Crippen LogP contribution in [0.5, 0.6) is 0 Å². The Morgan fingerprint density at radius 1 is 1.37 bits per heavy atom. The largest absolute Gasteiger partial charge is 0.469 e. The Morgan fingerprint density at radius 2 is 2.05 bits per heavy atom. The molecule has 0 amide bonds. The maximum absolute atomic E-state index is 11.9. The van der Waals surface area contributed by atoms with Crippen molar-refractivity contribution in [2.45, 2.75) is 24.0 Å². The summed E-state index contributed by atoms with van der Waals surface area (Å²) in [6.07, 6.45) is 2.15. The predicted octanol–water partition coefficient (Wildman–Crippen LogP) is 2.86. The zero-order valence-electron chi connectivity index (χ0n) is 11.2. The van der Waals surface area contributed by atoms with Crippen molar-refractivity contribution in [2.75, 3.05) is 26.1 Å². The van der Waals surface area contributed by atoms with E-state index in [2.05, 4.69) is 0 Å². The molecule has 0 N–H and O–H groups in total. The molecule has 0 saturated carbocycles. The number of benzene rings is 1. The lowest BCUT2D eigenvalue weighted by Gasteiger charge is -2.23.